The van der Waals surface area contributed by atoms with Gasteiger partial charge >= 0.3 is 0 Å². The van der Waals surface area contributed by atoms with Gasteiger partial charge in [0.25, 0.3) is 30.4 Å². The number of aryl methyl sites for hydroxylation is 2. The van der Waals surface area contributed by atoms with Gasteiger partial charge in [-0.05, 0) is 125 Å². The van der Waals surface area contributed by atoms with Crippen LogP contribution in [0, 0.1) is 13.8 Å². The molecule has 0 saturated heterocycles. The van der Waals surface area contributed by atoms with E-state index in [4.69, 9.17) is 4.99 Å². The molecule has 15 heteroatoms. The third kappa shape index (κ3) is 10.1. The van der Waals surface area contributed by atoms with Crippen LogP contribution in [0.15, 0.2) is 161 Å². The van der Waals surface area contributed by atoms with Crippen LogP contribution in [-0.4, -0.2) is 44.6 Å². The lowest BCUT2D eigenvalue weighted by Crippen LogP contribution is -2.21. The third-order valence-corrected chi connectivity index (χ3v) is 12.3. The molecular formula is C43H41N3O9S3. The topological polar surface area (TPSA) is 200 Å². The molecule has 1 aliphatic rings. The Balaban J connectivity index is 1.41. The van der Waals surface area contributed by atoms with Crippen molar-refractivity contribution in [3.8, 4) is 0 Å². The molecule has 58 heavy (non-hydrogen) atoms. The summed E-state index contributed by atoms with van der Waals surface area (Å²) in [5.74, 6) is 0. The summed E-state index contributed by atoms with van der Waals surface area (Å²) in [5, 5.41) is 3.13. The van der Waals surface area contributed by atoms with E-state index in [1.807, 2.05) is 63.3 Å². The third-order valence-electron chi connectivity index (χ3n) is 9.52. The Labute approximate surface area is 338 Å². The monoisotopic (exact) mass is 839 g/mol. The molecule has 0 aliphatic heterocycles. The van der Waals surface area contributed by atoms with Crippen LogP contribution in [0.2, 0.25) is 0 Å². The molecular weight excluding hydrogens is 799 g/mol. The molecule has 1 aliphatic carbocycles. The molecule has 300 valence electrons. The van der Waals surface area contributed by atoms with Gasteiger partial charge in [0.2, 0.25) is 0 Å². The predicted molar refractivity (Wildman–Crippen MR) is 227 cm³/mol. The fourth-order valence-corrected chi connectivity index (χ4v) is 8.73. The molecule has 0 saturated carbocycles. The number of anilines is 2. The van der Waals surface area contributed by atoms with E-state index >= 15 is 0 Å². The zero-order chi connectivity index (χ0) is 41.8. The maximum atomic E-state index is 12.5. The molecule has 0 heterocycles. The first-order chi connectivity index (χ1) is 27.4. The van der Waals surface area contributed by atoms with Gasteiger partial charge in [-0.25, -0.2) is 0 Å². The summed E-state index contributed by atoms with van der Waals surface area (Å²) in [4.78, 5) is 4.48. The summed E-state index contributed by atoms with van der Waals surface area (Å²) < 4.78 is 103. The van der Waals surface area contributed by atoms with Crippen molar-refractivity contribution in [3.05, 3.63) is 190 Å². The lowest BCUT2D eigenvalue weighted by Gasteiger charge is -2.22. The molecule has 2 atom stereocenters. The number of nitrogens with one attached hydrogen (secondary N) is 2. The van der Waals surface area contributed by atoms with E-state index < -0.39 is 41.1 Å². The Morgan fingerprint density at radius 3 is 1.53 bits per heavy atom. The zero-order valence-electron chi connectivity index (χ0n) is 31.6. The van der Waals surface area contributed by atoms with Crippen molar-refractivity contribution < 1.29 is 38.9 Å². The second-order valence-electron chi connectivity index (χ2n) is 13.8. The van der Waals surface area contributed by atoms with Crippen molar-refractivity contribution in [1.29, 1.82) is 0 Å². The predicted octanol–water partition coefficient (Wildman–Crippen LogP) is 8.51. The number of allylic oxidation sites excluding steroid dienone is 5. The van der Waals surface area contributed by atoms with E-state index in [0.29, 0.717) is 44.9 Å². The summed E-state index contributed by atoms with van der Waals surface area (Å²) in [6, 6.07) is 33.5. The standard InChI is InChI=1S/C43H41N3O9S3/c1-28-23-34(17-20-38(28)44-27-31-11-10-16-37(26-31)56(47,48)49)41(35-18-21-39(29(2)24-35)45-42(57(50,51)52)32-12-6-4-7-13-32)36-19-22-40(30(3)25-36)46-43(58(53,54)55)33-14-8-5-9-15-33/h4-26,42-43,45-46H,27H2,1-3H3,(H,47,48,49)(H,50,51,52)(H,53,54,55). The molecule has 0 spiro atoms. The van der Waals surface area contributed by atoms with Crippen LogP contribution in [0.3, 0.4) is 0 Å². The van der Waals surface area contributed by atoms with Gasteiger partial charge in [-0.15, -0.1) is 0 Å². The summed E-state index contributed by atoms with van der Waals surface area (Å²) >= 11 is 0. The second-order valence-corrected chi connectivity index (χ2v) is 18.2. The molecule has 12 nitrogen and oxygen atoms in total. The highest BCUT2D eigenvalue weighted by Gasteiger charge is 2.27. The summed E-state index contributed by atoms with van der Waals surface area (Å²) in [7, 11) is -13.5. The Kier molecular flexibility index (Phi) is 12.3. The largest absolute Gasteiger partial charge is 0.363 e. The van der Waals surface area contributed by atoms with Crippen LogP contribution in [0.4, 0.5) is 11.4 Å². The lowest BCUT2D eigenvalue weighted by atomic mass is 9.87. The average Bonchev–Trinajstić information content (AvgIpc) is 3.16. The minimum atomic E-state index is -4.55. The van der Waals surface area contributed by atoms with Gasteiger partial charge in [-0.3, -0.25) is 18.7 Å². The molecule has 2 unspecified atom stereocenters. The summed E-state index contributed by atoms with van der Waals surface area (Å²) in [6.45, 7) is 5.68. The molecule has 0 bridgehead atoms. The van der Waals surface area contributed by atoms with Gasteiger partial charge in [0.1, 0.15) is 0 Å². The highest BCUT2D eigenvalue weighted by molar-refractivity contribution is 7.86. The number of aliphatic imine (C=N–C) groups is 1. The minimum absolute atomic E-state index is 0.155. The lowest BCUT2D eigenvalue weighted by molar-refractivity contribution is 0.471. The van der Waals surface area contributed by atoms with Gasteiger partial charge in [0.15, 0.2) is 10.7 Å². The van der Waals surface area contributed by atoms with Gasteiger partial charge in [0.05, 0.1) is 17.2 Å². The Morgan fingerprint density at radius 1 is 0.603 bits per heavy atom. The Hall–Kier alpha value is -5.68. The zero-order valence-corrected chi connectivity index (χ0v) is 34.1. The molecule has 0 radical (unpaired) electrons. The fraction of sp³-hybridized carbons (Fsp3) is 0.140. The van der Waals surface area contributed by atoms with Crippen LogP contribution in [0.1, 0.15) is 56.6 Å². The van der Waals surface area contributed by atoms with Gasteiger partial charge in [0, 0.05) is 11.4 Å². The van der Waals surface area contributed by atoms with E-state index in [9.17, 15) is 38.9 Å². The van der Waals surface area contributed by atoms with Gasteiger partial charge < -0.3 is 10.6 Å². The highest BCUT2D eigenvalue weighted by atomic mass is 32.2. The smallest absolute Gasteiger partial charge is 0.294 e. The van der Waals surface area contributed by atoms with Crippen molar-refractivity contribution in [3.63, 3.8) is 0 Å². The van der Waals surface area contributed by atoms with E-state index in [0.717, 1.165) is 27.8 Å². The number of hydrogen-bond acceptors (Lipinski definition) is 9. The molecule has 5 aromatic carbocycles. The normalized spacial score (nSPS) is 15.1. The minimum Gasteiger partial charge on any atom is -0.363 e. The van der Waals surface area contributed by atoms with E-state index in [2.05, 4.69) is 10.6 Å². The number of benzene rings is 5. The van der Waals surface area contributed by atoms with E-state index in [-0.39, 0.29) is 11.4 Å². The maximum absolute atomic E-state index is 12.5. The molecule has 0 aromatic heterocycles. The Morgan fingerprint density at radius 2 is 1.10 bits per heavy atom. The van der Waals surface area contributed by atoms with Crippen LogP contribution in [-0.2, 0) is 36.9 Å². The average molecular weight is 840 g/mol. The van der Waals surface area contributed by atoms with Crippen molar-refractivity contribution in [2.75, 3.05) is 10.6 Å². The van der Waals surface area contributed by atoms with Crippen LogP contribution in [0.5, 0.6) is 0 Å². The molecule has 0 fully saturated rings. The molecule has 5 aromatic rings. The fourth-order valence-electron chi connectivity index (χ4n) is 6.63. The van der Waals surface area contributed by atoms with Crippen molar-refractivity contribution >= 4 is 53.0 Å². The molecule has 0 amide bonds. The van der Waals surface area contributed by atoms with E-state index in [1.54, 1.807) is 78.9 Å². The number of nitrogens with zero attached hydrogens (tertiary/aromatic N) is 1. The van der Waals surface area contributed by atoms with Crippen LogP contribution < -0.4 is 10.6 Å². The van der Waals surface area contributed by atoms with E-state index in [1.165, 1.54) is 18.2 Å². The highest BCUT2D eigenvalue weighted by Crippen LogP contribution is 2.36. The Bertz CT molecular complexity index is 2690. The first-order valence-electron chi connectivity index (χ1n) is 17.9. The quantitative estimate of drug-likeness (QED) is 0.0712. The first-order valence-corrected chi connectivity index (χ1v) is 22.3. The van der Waals surface area contributed by atoms with Crippen LogP contribution in [0.25, 0.3) is 5.57 Å². The SMILES string of the molecule is CC1=CC(=C(c2ccc(NC(c3ccccc3)S(=O)(=O)O)c(C)c2)c2ccc(NC(c3ccccc3)S(=O)(=O)O)c(C)c2)C=CC1=NCc1cccc(S(=O)(=O)O)c1. The maximum Gasteiger partial charge on any atom is 0.294 e. The summed E-state index contributed by atoms with van der Waals surface area (Å²) in [5.41, 5.74) is 8.20. The van der Waals surface area contributed by atoms with Gasteiger partial charge in [-0.1, -0.05) is 91.0 Å². The first kappa shape index (κ1) is 41.9. The number of rotatable bonds is 13. The van der Waals surface area contributed by atoms with Crippen molar-refractivity contribution in [1.82, 2.24) is 0 Å². The second kappa shape index (κ2) is 17.0. The molecule has 6 rings (SSSR count). The van der Waals surface area contributed by atoms with Crippen LogP contribution >= 0.6 is 0 Å². The number of hydrogen-bond donors (Lipinski definition) is 5. The summed E-state index contributed by atoms with van der Waals surface area (Å²) in [6.07, 6.45) is 5.70. The van der Waals surface area contributed by atoms with Gasteiger partial charge in [-0.2, -0.15) is 25.3 Å². The van der Waals surface area contributed by atoms with Crippen molar-refractivity contribution in [2.24, 2.45) is 4.99 Å². The van der Waals surface area contributed by atoms with Crippen molar-refractivity contribution in [2.45, 2.75) is 43.0 Å². The molecule has 5 N–H and O–H groups in total.